The summed E-state index contributed by atoms with van der Waals surface area (Å²) in [5.41, 5.74) is 3.70. The third-order valence-electron chi connectivity index (χ3n) is 12.6. The summed E-state index contributed by atoms with van der Waals surface area (Å²) in [6, 6.07) is 10.7. The zero-order valence-corrected chi connectivity index (χ0v) is 40.6. The number of carbonyl (C=O) groups excluding carboxylic acids is 1. The summed E-state index contributed by atoms with van der Waals surface area (Å²) < 4.78 is 31.0. The zero-order valence-electron chi connectivity index (χ0n) is 39.1. The first-order valence-electron chi connectivity index (χ1n) is 22.0. The molecule has 66 heavy (non-hydrogen) atoms. The number of carbonyl (C=O) groups is 2. The van der Waals surface area contributed by atoms with Crippen LogP contribution >= 0.6 is 23.2 Å². The molecule has 0 spiro atoms. The molecule has 2 atom stereocenters. The molecule has 0 saturated carbocycles. The topological polar surface area (TPSA) is 181 Å². The zero-order chi connectivity index (χ0) is 46.1. The number of aromatic carboxylic acids is 1. The smallest absolute Gasteiger partial charge is 0.870 e. The van der Waals surface area contributed by atoms with Crippen molar-refractivity contribution in [1.82, 2.24) is 9.35 Å². The minimum atomic E-state index is -1.23. The van der Waals surface area contributed by atoms with Crippen molar-refractivity contribution < 1.29 is 62.7 Å². The second-order valence-corrected chi connectivity index (χ2v) is 18.7. The number of esters is 1. The molecule has 8 rings (SSSR count). The fraction of sp³-hybridized carbons (Fsp3) is 0.500. The molecule has 0 amide bonds. The summed E-state index contributed by atoms with van der Waals surface area (Å²) in [5, 5.41) is 14.9. The van der Waals surface area contributed by atoms with Gasteiger partial charge < -0.3 is 34.3 Å². The first kappa shape index (κ1) is 52.5. The number of ether oxygens (including phenoxy) is 5. The van der Waals surface area contributed by atoms with Gasteiger partial charge in [0.25, 0.3) is 0 Å². The van der Waals surface area contributed by atoms with E-state index in [1.807, 2.05) is 33.6 Å². The minimum absolute atomic E-state index is 0. The van der Waals surface area contributed by atoms with Crippen molar-refractivity contribution in [2.45, 2.75) is 109 Å². The van der Waals surface area contributed by atoms with Crippen molar-refractivity contribution in [2.75, 3.05) is 57.3 Å². The SMILES string of the molecule is CCOC(=O)c1cn2c(cc1=O)-c1cc(Cl)c(OCCCOC)cc1[C@@H]1CCCC(C)(C)N12.COCCCOc1cc2c(cc1Cl)-c1cc(=O)c(C(=O)O)cn1N1[C@H]2CCCC1(C)C.[Li+].[OH-]. The number of methoxy groups -OCH3 is 2. The minimum Gasteiger partial charge on any atom is -0.870 e. The molecule has 2 fully saturated rings. The molecule has 352 valence electrons. The fourth-order valence-corrected chi connectivity index (χ4v) is 10.1. The van der Waals surface area contributed by atoms with Gasteiger partial charge in [-0.3, -0.25) is 29.0 Å². The molecule has 4 aliphatic heterocycles. The number of hydrogen-bond donors (Lipinski definition) is 1. The van der Waals surface area contributed by atoms with Crippen molar-refractivity contribution in [3.05, 3.63) is 102 Å². The van der Waals surface area contributed by atoms with E-state index in [0.29, 0.717) is 59.4 Å². The van der Waals surface area contributed by atoms with E-state index in [1.54, 1.807) is 27.3 Å². The predicted molar refractivity (Wildman–Crippen MR) is 249 cm³/mol. The van der Waals surface area contributed by atoms with Crippen LogP contribution in [0.5, 0.6) is 11.5 Å². The van der Waals surface area contributed by atoms with Crippen LogP contribution in [0.25, 0.3) is 22.5 Å². The van der Waals surface area contributed by atoms with E-state index in [2.05, 4.69) is 37.7 Å². The first-order valence-corrected chi connectivity index (χ1v) is 22.7. The van der Waals surface area contributed by atoms with Crippen LogP contribution in [-0.2, 0) is 14.2 Å². The summed E-state index contributed by atoms with van der Waals surface area (Å²) in [4.78, 5) is 49.5. The van der Waals surface area contributed by atoms with E-state index >= 15 is 0 Å². The second kappa shape index (κ2) is 21.7. The Labute approximate surface area is 407 Å². The molecule has 0 radical (unpaired) electrons. The number of fused-ring (bicyclic) bond motifs is 12. The van der Waals surface area contributed by atoms with Crippen molar-refractivity contribution in [2.24, 2.45) is 0 Å². The molecule has 2 saturated heterocycles. The average molecular weight is 946 g/mol. The van der Waals surface area contributed by atoms with Crippen LogP contribution in [0.4, 0.5) is 0 Å². The summed E-state index contributed by atoms with van der Waals surface area (Å²) in [6.07, 6.45) is 10.5. The summed E-state index contributed by atoms with van der Waals surface area (Å²) in [7, 11) is 3.32. The molecule has 0 bridgehead atoms. The van der Waals surface area contributed by atoms with Gasteiger partial charge in [-0.1, -0.05) is 23.2 Å². The van der Waals surface area contributed by atoms with Gasteiger partial charge in [-0.05, 0) is 109 Å². The molecule has 0 aliphatic carbocycles. The molecule has 18 heteroatoms. The van der Waals surface area contributed by atoms with Gasteiger partial charge in [0, 0.05) is 75.9 Å². The van der Waals surface area contributed by atoms with Gasteiger partial charge >= 0.3 is 30.8 Å². The molecular formula is C48H59Cl2LiN4O11. The Morgan fingerprint density at radius 2 is 1.12 bits per heavy atom. The average Bonchev–Trinajstić information content (AvgIpc) is 3.24. The second-order valence-electron chi connectivity index (χ2n) is 17.8. The molecule has 2 N–H and O–H groups in total. The van der Waals surface area contributed by atoms with E-state index in [0.717, 1.165) is 73.6 Å². The molecular weight excluding hydrogens is 886 g/mol. The Bertz CT molecular complexity index is 2550. The molecule has 2 aromatic heterocycles. The standard InChI is InChI=1S/C25H31ClN2O5.C23H27ClN2O5.Li.H2O/c1-5-32-24(30)18-15-27-21(14-22(18)29)16-12-19(26)23(33-11-7-10-31-4)13-17(16)20-8-6-9-25(2,3)28(20)27;1-23(2)7-4-6-18-15-11-21(31-9-5-8-30-3)17(24)10-14(15)19-12-20(27)16(22(28)29)13-25(19)26(18)23;;/h12-15,20H,5-11H2,1-4H3;10-13,18H,4-9H2,1-3H3,(H,28,29);;1H2/q;;+1;/p-1/t20-;18-;;/m00../s1. The van der Waals surface area contributed by atoms with Crippen LogP contribution in [0.2, 0.25) is 10.0 Å². The third-order valence-corrected chi connectivity index (χ3v) is 13.2. The molecule has 15 nitrogen and oxygen atoms in total. The van der Waals surface area contributed by atoms with Crippen LogP contribution in [0.15, 0.2) is 58.4 Å². The number of hydrogen-bond acceptors (Lipinski definition) is 12. The summed E-state index contributed by atoms with van der Waals surface area (Å²) >= 11 is 13.1. The first-order chi connectivity index (χ1) is 30.5. The van der Waals surface area contributed by atoms with Crippen molar-refractivity contribution >= 4 is 35.1 Å². The van der Waals surface area contributed by atoms with Crippen molar-refractivity contribution in [1.29, 1.82) is 0 Å². The van der Waals surface area contributed by atoms with Gasteiger partial charge in [-0.25, -0.2) is 9.59 Å². The van der Waals surface area contributed by atoms with Crippen LogP contribution in [0.1, 0.15) is 130 Å². The van der Waals surface area contributed by atoms with Gasteiger partial charge in [-0.2, -0.15) is 0 Å². The number of halogens is 2. The van der Waals surface area contributed by atoms with E-state index in [9.17, 15) is 24.3 Å². The molecule has 6 heterocycles. The number of pyridine rings is 2. The summed E-state index contributed by atoms with van der Waals surface area (Å²) in [6.45, 7) is 12.8. The normalized spacial score (nSPS) is 17.9. The Morgan fingerprint density at radius 1 is 0.697 bits per heavy atom. The number of rotatable bonds is 13. The predicted octanol–water partition coefficient (Wildman–Crippen LogP) is 5.78. The third kappa shape index (κ3) is 10.3. The number of nitrogens with zero attached hydrogens (tertiary/aromatic N) is 4. The molecule has 2 aromatic carbocycles. The van der Waals surface area contributed by atoms with Crippen LogP contribution < -0.4 is 49.2 Å². The van der Waals surface area contributed by atoms with Crippen LogP contribution in [0.3, 0.4) is 0 Å². The quantitative estimate of drug-likeness (QED) is 0.0969. The Kier molecular flexibility index (Phi) is 17.2. The van der Waals surface area contributed by atoms with E-state index in [4.69, 9.17) is 46.9 Å². The van der Waals surface area contributed by atoms with Crippen molar-refractivity contribution in [3.8, 4) is 34.0 Å². The largest absolute Gasteiger partial charge is 1.00 e. The number of carboxylic acid groups (broad SMARTS) is 1. The van der Waals surface area contributed by atoms with E-state index < -0.39 is 17.4 Å². The maximum absolute atomic E-state index is 12.9. The maximum Gasteiger partial charge on any atom is 1.00 e. The monoisotopic (exact) mass is 944 g/mol. The molecule has 4 aliphatic rings. The van der Waals surface area contributed by atoms with Crippen LogP contribution in [0, 0.1) is 0 Å². The number of benzene rings is 2. The van der Waals surface area contributed by atoms with E-state index in [-0.39, 0.29) is 70.7 Å². The van der Waals surface area contributed by atoms with Gasteiger partial charge in [-0.15, -0.1) is 0 Å². The Hall–Kier alpha value is -4.46. The van der Waals surface area contributed by atoms with Crippen LogP contribution in [-0.4, -0.2) is 90.2 Å². The van der Waals surface area contributed by atoms with Gasteiger partial charge in [0.2, 0.25) is 0 Å². The number of aromatic nitrogens is 2. The summed E-state index contributed by atoms with van der Waals surface area (Å²) in [5.74, 6) is -0.588. The number of piperidine rings is 2. The Balaban J connectivity index is 0.000000241. The van der Waals surface area contributed by atoms with E-state index in [1.165, 1.54) is 18.3 Å². The number of carboxylic acids is 1. The van der Waals surface area contributed by atoms with Crippen molar-refractivity contribution in [3.63, 3.8) is 0 Å². The maximum atomic E-state index is 12.9. The Morgan fingerprint density at radius 3 is 1.53 bits per heavy atom. The van der Waals surface area contributed by atoms with Gasteiger partial charge in [0.05, 0.1) is 64.4 Å². The van der Waals surface area contributed by atoms with Gasteiger partial charge in [0.15, 0.2) is 10.9 Å². The molecule has 4 aromatic rings. The fourth-order valence-electron chi connectivity index (χ4n) is 9.69. The van der Waals surface area contributed by atoms with Gasteiger partial charge in [0.1, 0.15) is 22.6 Å². The molecule has 0 unspecified atom stereocenters.